The highest BCUT2D eigenvalue weighted by Crippen LogP contribution is 2.51. The number of likely N-dealkylation sites (N-methyl/N-ethyl adjacent to an activating group) is 1. The van der Waals surface area contributed by atoms with E-state index in [2.05, 4.69) is 4.90 Å². The average Bonchev–Trinajstić information content (AvgIpc) is 3.03. The number of rotatable bonds is 11. The Morgan fingerprint density at radius 1 is 1.17 bits per heavy atom. The van der Waals surface area contributed by atoms with Crippen LogP contribution in [-0.2, 0) is 32.5 Å². The number of methoxy groups -OCH3 is 1. The second kappa shape index (κ2) is 11.5. The van der Waals surface area contributed by atoms with Crippen molar-refractivity contribution in [3.63, 3.8) is 0 Å². The monoisotopic (exact) mass is 606 g/mol. The fourth-order valence-electron chi connectivity index (χ4n) is 4.49. The quantitative estimate of drug-likeness (QED) is 0.234. The molecule has 2 aromatic rings. The Balaban J connectivity index is 2.17. The molecule has 2 aromatic carbocycles. The van der Waals surface area contributed by atoms with Gasteiger partial charge in [0.1, 0.15) is 6.79 Å². The van der Waals surface area contributed by atoms with E-state index < -0.39 is 28.8 Å². The Kier molecular flexibility index (Phi) is 9.19. The lowest BCUT2D eigenvalue weighted by atomic mass is 9.81. The van der Waals surface area contributed by atoms with Crippen LogP contribution in [0.15, 0.2) is 36.4 Å². The number of carbonyl (C=O) groups excluding carboxylic acids is 1. The summed E-state index contributed by atoms with van der Waals surface area (Å²) in [6.45, 7) is 6.33. The number of aliphatic hydroxyl groups is 1. The standard InChI is InChI=1S/C25H30F3IN2O4/c1-4-30(5-2)11-12-31-21-15-18(29)14-20(25(26,27)28)22(21)24(33,23(31)32)19-9-7-6-8-17(19)10-13-35-16-34-3/h6-9,14-15,33H,4-5,10-13,16H2,1-3H3. The normalized spacial score (nSPS) is 18.0. The summed E-state index contributed by atoms with van der Waals surface area (Å²) < 4.78 is 53.3. The number of benzene rings is 2. The van der Waals surface area contributed by atoms with Crippen LogP contribution in [0.25, 0.3) is 0 Å². The second-order valence-corrected chi connectivity index (χ2v) is 9.51. The van der Waals surface area contributed by atoms with Crippen LogP contribution in [0.2, 0.25) is 0 Å². The molecule has 1 aliphatic heterocycles. The SMILES string of the molecule is CCN(CC)CCN1C(=O)C(O)(c2ccccc2CCOCOC)c2c1cc(I)cc2C(F)(F)F. The average molecular weight is 606 g/mol. The van der Waals surface area contributed by atoms with Crippen molar-refractivity contribution in [2.45, 2.75) is 32.0 Å². The molecule has 1 aliphatic rings. The molecular formula is C25H30F3IN2O4. The molecule has 0 aliphatic carbocycles. The van der Waals surface area contributed by atoms with Crippen molar-refractivity contribution in [2.75, 3.05) is 51.6 Å². The van der Waals surface area contributed by atoms with E-state index in [1.807, 2.05) is 36.4 Å². The van der Waals surface area contributed by atoms with Crippen molar-refractivity contribution < 1.29 is 32.5 Å². The van der Waals surface area contributed by atoms with Crippen LogP contribution in [0.3, 0.4) is 0 Å². The zero-order valence-corrected chi connectivity index (χ0v) is 22.1. The van der Waals surface area contributed by atoms with Gasteiger partial charge >= 0.3 is 6.18 Å². The summed E-state index contributed by atoms with van der Waals surface area (Å²) in [6.07, 6.45) is -4.47. The first-order chi connectivity index (χ1) is 16.6. The first kappa shape index (κ1) is 27.9. The number of halogens is 4. The number of nitrogens with zero attached hydrogens (tertiary/aromatic N) is 2. The van der Waals surface area contributed by atoms with Gasteiger partial charge in [-0.25, -0.2) is 0 Å². The third kappa shape index (κ3) is 5.66. The predicted octanol–water partition coefficient (Wildman–Crippen LogP) is 4.40. The van der Waals surface area contributed by atoms with Crippen molar-refractivity contribution in [1.82, 2.24) is 4.90 Å². The van der Waals surface area contributed by atoms with E-state index in [1.54, 1.807) is 18.2 Å². The number of carbonyl (C=O) groups is 1. The van der Waals surface area contributed by atoms with Crippen LogP contribution < -0.4 is 4.90 Å². The molecular weight excluding hydrogens is 576 g/mol. The van der Waals surface area contributed by atoms with Gasteiger partial charge in [-0.3, -0.25) is 4.79 Å². The highest BCUT2D eigenvalue weighted by atomic mass is 127. The maximum atomic E-state index is 14.3. The predicted molar refractivity (Wildman–Crippen MR) is 135 cm³/mol. The maximum absolute atomic E-state index is 14.3. The number of anilines is 1. The molecule has 35 heavy (non-hydrogen) atoms. The van der Waals surface area contributed by atoms with Crippen molar-refractivity contribution in [3.05, 3.63) is 62.2 Å². The van der Waals surface area contributed by atoms with Crippen molar-refractivity contribution in [3.8, 4) is 0 Å². The lowest BCUT2D eigenvalue weighted by Gasteiger charge is -2.28. The molecule has 0 fully saturated rings. The Morgan fingerprint density at radius 2 is 1.86 bits per heavy atom. The molecule has 0 bridgehead atoms. The van der Waals surface area contributed by atoms with Crippen molar-refractivity contribution in [1.29, 1.82) is 0 Å². The van der Waals surface area contributed by atoms with Gasteiger partial charge < -0.3 is 24.4 Å². The van der Waals surface area contributed by atoms with Gasteiger partial charge in [-0.2, -0.15) is 13.2 Å². The van der Waals surface area contributed by atoms with Crippen LogP contribution in [0.1, 0.15) is 36.1 Å². The molecule has 1 N–H and O–H groups in total. The third-order valence-electron chi connectivity index (χ3n) is 6.25. The molecule has 1 unspecified atom stereocenters. The molecule has 6 nitrogen and oxygen atoms in total. The molecule has 1 amide bonds. The smallest absolute Gasteiger partial charge is 0.372 e. The van der Waals surface area contributed by atoms with Gasteiger partial charge in [0.25, 0.3) is 5.91 Å². The minimum absolute atomic E-state index is 0.0595. The maximum Gasteiger partial charge on any atom is 0.416 e. The Labute approximate surface area is 217 Å². The van der Waals surface area contributed by atoms with Crippen molar-refractivity contribution in [2.24, 2.45) is 0 Å². The molecule has 1 atom stereocenters. The topological polar surface area (TPSA) is 62.2 Å². The van der Waals surface area contributed by atoms with Crippen molar-refractivity contribution >= 4 is 34.2 Å². The molecule has 0 aromatic heterocycles. The van der Waals surface area contributed by atoms with Crippen LogP contribution in [-0.4, -0.2) is 62.6 Å². The van der Waals surface area contributed by atoms with Crippen LogP contribution in [0.5, 0.6) is 0 Å². The zero-order valence-electron chi connectivity index (χ0n) is 20.0. The first-order valence-electron chi connectivity index (χ1n) is 11.4. The fraction of sp³-hybridized carbons (Fsp3) is 0.480. The van der Waals surface area contributed by atoms with Gasteiger partial charge in [-0.1, -0.05) is 38.1 Å². The van der Waals surface area contributed by atoms with Gasteiger partial charge in [-0.15, -0.1) is 0 Å². The summed E-state index contributed by atoms with van der Waals surface area (Å²) >= 11 is 1.81. The number of ether oxygens (including phenoxy) is 2. The lowest BCUT2D eigenvalue weighted by Crippen LogP contribution is -2.45. The number of hydrogen-bond acceptors (Lipinski definition) is 5. The van der Waals surface area contributed by atoms with E-state index in [1.165, 1.54) is 24.1 Å². The summed E-state index contributed by atoms with van der Waals surface area (Å²) in [7, 11) is 1.48. The van der Waals surface area contributed by atoms with Gasteiger partial charge in [0, 0.05) is 34.9 Å². The summed E-state index contributed by atoms with van der Waals surface area (Å²) in [5.74, 6) is -0.780. The minimum Gasteiger partial charge on any atom is -0.372 e. The van der Waals surface area contributed by atoms with Crippen LogP contribution in [0.4, 0.5) is 18.9 Å². The van der Waals surface area contributed by atoms with Gasteiger partial charge in [0.2, 0.25) is 0 Å². The summed E-state index contributed by atoms with van der Waals surface area (Å²) in [5.41, 5.74) is -3.15. The second-order valence-electron chi connectivity index (χ2n) is 8.26. The van der Waals surface area contributed by atoms with Gasteiger partial charge in [0.15, 0.2) is 5.60 Å². The van der Waals surface area contributed by atoms with Crippen LogP contribution >= 0.6 is 22.6 Å². The first-order valence-corrected chi connectivity index (χ1v) is 12.5. The van der Waals surface area contributed by atoms with E-state index in [9.17, 15) is 23.1 Å². The molecule has 0 saturated heterocycles. The van der Waals surface area contributed by atoms with E-state index >= 15 is 0 Å². The Morgan fingerprint density at radius 3 is 2.49 bits per heavy atom. The Hall–Kier alpha value is -1.73. The number of alkyl halides is 3. The van der Waals surface area contributed by atoms with E-state index in [0.717, 1.165) is 19.2 Å². The molecule has 1 heterocycles. The third-order valence-corrected chi connectivity index (χ3v) is 6.88. The minimum atomic E-state index is -4.76. The highest BCUT2D eigenvalue weighted by molar-refractivity contribution is 14.1. The number of fused-ring (bicyclic) bond motifs is 1. The van der Waals surface area contributed by atoms with E-state index in [-0.39, 0.29) is 37.6 Å². The highest BCUT2D eigenvalue weighted by Gasteiger charge is 2.56. The van der Waals surface area contributed by atoms with Gasteiger partial charge in [-0.05, 0) is 59.8 Å². The molecule has 3 rings (SSSR count). The Bertz CT molecular complexity index is 1050. The fourth-order valence-corrected chi connectivity index (χ4v) is 5.10. The summed E-state index contributed by atoms with van der Waals surface area (Å²) in [6, 6.07) is 9.05. The van der Waals surface area contributed by atoms with Gasteiger partial charge in [0.05, 0.1) is 17.9 Å². The lowest BCUT2D eigenvalue weighted by molar-refractivity contribution is -0.142. The molecule has 192 valence electrons. The molecule has 10 heteroatoms. The largest absolute Gasteiger partial charge is 0.416 e. The van der Waals surface area contributed by atoms with E-state index in [0.29, 0.717) is 15.7 Å². The number of amides is 1. The van der Waals surface area contributed by atoms with Crippen LogP contribution in [0, 0.1) is 3.57 Å². The number of hydrogen-bond donors (Lipinski definition) is 1. The molecule has 0 radical (unpaired) electrons. The summed E-state index contributed by atoms with van der Waals surface area (Å²) in [4.78, 5) is 17.2. The van der Waals surface area contributed by atoms with E-state index in [4.69, 9.17) is 9.47 Å². The molecule has 0 spiro atoms. The molecule has 0 saturated carbocycles. The summed E-state index contributed by atoms with van der Waals surface area (Å²) in [5, 5.41) is 12.0. The zero-order chi connectivity index (χ0) is 25.8.